The van der Waals surface area contributed by atoms with Crippen molar-refractivity contribution in [3.05, 3.63) is 18.0 Å². The molecular formula is C12H8ClF3N4O4S. The SMILES string of the molecule is CN(C)OS(=O)n1c(C#N)nc2cc3c(cc21)OC(F)(F)C(F)(Cl)O3. The van der Waals surface area contributed by atoms with Crippen LogP contribution in [0, 0.1) is 11.3 Å². The van der Waals surface area contributed by atoms with Crippen molar-refractivity contribution >= 4 is 33.9 Å². The maximum Gasteiger partial charge on any atom is 0.488 e. The summed E-state index contributed by atoms with van der Waals surface area (Å²) in [4.78, 5) is 3.87. The lowest BCUT2D eigenvalue weighted by Gasteiger charge is -2.33. The summed E-state index contributed by atoms with van der Waals surface area (Å²) in [5, 5.41) is 6.33. The molecule has 0 saturated carbocycles. The van der Waals surface area contributed by atoms with Crippen LogP contribution in [0.2, 0.25) is 0 Å². The Bertz CT molecular complexity index is 927. The Kier molecular flexibility index (Phi) is 4.07. The van der Waals surface area contributed by atoms with Crippen LogP contribution in [0.15, 0.2) is 12.1 Å². The van der Waals surface area contributed by atoms with E-state index in [-0.39, 0.29) is 16.9 Å². The van der Waals surface area contributed by atoms with Gasteiger partial charge in [-0.1, -0.05) is 0 Å². The number of hydrogen-bond acceptors (Lipinski definition) is 7. The molecule has 0 spiro atoms. The third kappa shape index (κ3) is 2.89. The van der Waals surface area contributed by atoms with E-state index < -0.39 is 34.2 Å². The molecule has 2 aromatic rings. The first kappa shape index (κ1) is 17.7. The van der Waals surface area contributed by atoms with Gasteiger partial charge in [0.1, 0.15) is 6.07 Å². The molecule has 1 aliphatic rings. The number of nitrogens with zero attached hydrogens (tertiary/aromatic N) is 4. The summed E-state index contributed by atoms with van der Waals surface area (Å²) >= 11 is 2.77. The van der Waals surface area contributed by atoms with Crippen molar-refractivity contribution in [1.29, 1.82) is 5.26 Å². The Labute approximate surface area is 146 Å². The summed E-state index contributed by atoms with van der Waals surface area (Å²) in [6.07, 6.45) is -4.47. The molecule has 2 atom stereocenters. The smallest absolute Gasteiger partial charge is 0.434 e. The number of nitriles is 1. The van der Waals surface area contributed by atoms with Crippen molar-refractivity contribution in [2.75, 3.05) is 14.1 Å². The van der Waals surface area contributed by atoms with Crippen LogP contribution in [0.1, 0.15) is 5.82 Å². The highest BCUT2D eigenvalue weighted by Gasteiger charge is 2.63. The first-order chi connectivity index (χ1) is 11.6. The van der Waals surface area contributed by atoms with Crippen molar-refractivity contribution in [2.24, 2.45) is 0 Å². The zero-order valence-electron chi connectivity index (χ0n) is 12.5. The first-order valence-electron chi connectivity index (χ1n) is 6.44. The molecule has 25 heavy (non-hydrogen) atoms. The van der Waals surface area contributed by atoms with E-state index in [0.717, 1.165) is 21.2 Å². The molecule has 2 heterocycles. The molecule has 134 valence electrons. The Morgan fingerprint density at radius 3 is 2.60 bits per heavy atom. The van der Waals surface area contributed by atoms with Crippen LogP contribution in [-0.2, 0) is 15.6 Å². The number of hydroxylamine groups is 2. The highest BCUT2D eigenvalue weighted by atomic mass is 35.5. The van der Waals surface area contributed by atoms with Crippen molar-refractivity contribution in [3.8, 4) is 17.6 Å². The number of hydrogen-bond donors (Lipinski definition) is 0. The van der Waals surface area contributed by atoms with Gasteiger partial charge in [0.2, 0.25) is 5.82 Å². The van der Waals surface area contributed by atoms with E-state index in [4.69, 9.17) is 21.1 Å². The number of ether oxygens (including phenoxy) is 2. The van der Waals surface area contributed by atoms with Gasteiger partial charge in [-0.15, -0.1) is 0 Å². The summed E-state index contributed by atoms with van der Waals surface area (Å²) in [7, 11) is 2.90. The number of aromatic nitrogens is 2. The fourth-order valence-electron chi connectivity index (χ4n) is 2.00. The average Bonchev–Trinajstić information content (AvgIpc) is 2.82. The van der Waals surface area contributed by atoms with E-state index in [1.807, 2.05) is 0 Å². The van der Waals surface area contributed by atoms with Gasteiger partial charge in [0.15, 0.2) is 11.5 Å². The second-order valence-electron chi connectivity index (χ2n) is 4.97. The second-order valence-corrected chi connectivity index (χ2v) is 6.41. The zero-order valence-corrected chi connectivity index (χ0v) is 14.1. The lowest BCUT2D eigenvalue weighted by molar-refractivity contribution is -0.303. The van der Waals surface area contributed by atoms with Crippen LogP contribution in [0.5, 0.6) is 11.5 Å². The molecular weight excluding hydrogens is 389 g/mol. The molecule has 1 aromatic carbocycles. The fraction of sp³-hybridized carbons (Fsp3) is 0.333. The summed E-state index contributed by atoms with van der Waals surface area (Å²) < 4.78 is 67.5. The van der Waals surface area contributed by atoms with Crippen molar-refractivity contribution in [2.45, 2.75) is 11.4 Å². The van der Waals surface area contributed by atoms with Crippen molar-refractivity contribution < 1.29 is 31.1 Å². The molecule has 0 bridgehead atoms. The molecule has 13 heteroatoms. The Morgan fingerprint density at radius 1 is 1.36 bits per heavy atom. The van der Waals surface area contributed by atoms with Gasteiger partial charge in [-0.2, -0.15) is 27.8 Å². The van der Waals surface area contributed by atoms with Gasteiger partial charge < -0.3 is 9.47 Å². The van der Waals surface area contributed by atoms with E-state index >= 15 is 0 Å². The highest BCUT2D eigenvalue weighted by molar-refractivity contribution is 7.78. The Balaban J connectivity index is 2.18. The largest absolute Gasteiger partial charge is 0.488 e. The van der Waals surface area contributed by atoms with Crippen LogP contribution in [0.25, 0.3) is 11.0 Å². The molecule has 2 unspecified atom stereocenters. The number of imidazole rings is 1. The maximum absolute atomic E-state index is 13.7. The van der Waals surface area contributed by atoms with Crippen LogP contribution >= 0.6 is 11.6 Å². The van der Waals surface area contributed by atoms with Gasteiger partial charge in [-0.3, -0.25) is 0 Å². The molecule has 0 N–H and O–H groups in total. The molecule has 8 nitrogen and oxygen atoms in total. The van der Waals surface area contributed by atoms with E-state index in [1.165, 1.54) is 14.1 Å². The molecule has 1 aliphatic heterocycles. The predicted octanol–water partition coefficient (Wildman–Crippen LogP) is 2.05. The van der Waals surface area contributed by atoms with Crippen molar-refractivity contribution in [3.63, 3.8) is 0 Å². The zero-order chi connectivity index (χ0) is 18.6. The van der Waals surface area contributed by atoms with Gasteiger partial charge in [-0.05, 0) is 11.6 Å². The molecule has 0 amide bonds. The second kappa shape index (κ2) is 5.73. The van der Waals surface area contributed by atoms with Gasteiger partial charge in [0.25, 0.3) is 11.3 Å². The third-order valence-corrected chi connectivity index (χ3v) is 4.35. The number of alkyl halides is 4. The Morgan fingerprint density at radius 2 is 2.00 bits per heavy atom. The molecule has 3 rings (SSSR count). The minimum absolute atomic E-state index is 0.00675. The third-order valence-electron chi connectivity index (χ3n) is 2.96. The molecule has 0 radical (unpaired) electrons. The van der Waals surface area contributed by atoms with E-state index in [0.29, 0.717) is 0 Å². The summed E-state index contributed by atoms with van der Waals surface area (Å²) in [6.45, 7) is 0. The fourth-order valence-corrected chi connectivity index (χ4v) is 2.97. The predicted molar refractivity (Wildman–Crippen MR) is 78.7 cm³/mol. The highest BCUT2D eigenvalue weighted by Crippen LogP contribution is 2.49. The molecule has 1 aromatic heterocycles. The average molecular weight is 397 g/mol. The quantitative estimate of drug-likeness (QED) is 0.579. The minimum Gasteiger partial charge on any atom is -0.434 e. The Hall–Kier alpha value is -2.07. The van der Waals surface area contributed by atoms with Crippen LogP contribution < -0.4 is 9.47 Å². The summed E-state index contributed by atoms with van der Waals surface area (Å²) in [6, 6.07) is 3.69. The lowest BCUT2D eigenvalue weighted by Crippen LogP contribution is -2.51. The van der Waals surface area contributed by atoms with E-state index in [1.54, 1.807) is 6.07 Å². The van der Waals surface area contributed by atoms with Gasteiger partial charge >= 0.3 is 11.4 Å². The van der Waals surface area contributed by atoms with Gasteiger partial charge in [0, 0.05) is 26.2 Å². The van der Waals surface area contributed by atoms with Gasteiger partial charge in [0.05, 0.1) is 11.0 Å². The van der Waals surface area contributed by atoms with Crippen LogP contribution in [-0.4, -0.2) is 43.7 Å². The number of halogens is 4. The minimum atomic E-state index is -4.47. The number of rotatable bonds is 3. The van der Waals surface area contributed by atoms with E-state index in [2.05, 4.69) is 14.5 Å². The topological polar surface area (TPSA) is 89.6 Å². The number of benzene rings is 1. The monoisotopic (exact) mass is 396 g/mol. The molecule has 0 saturated heterocycles. The van der Waals surface area contributed by atoms with Crippen molar-refractivity contribution in [1.82, 2.24) is 14.0 Å². The summed E-state index contributed by atoms with van der Waals surface area (Å²) in [5.74, 6) is -1.36. The summed E-state index contributed by atoms with van der Waals surface area (Å²) in [5.41, 5.74) is -0.0249. The molecule has 0 aliphatic carbocycles. The maximum atomic E-state index is 13.7. The molecule has 0 fully saturated rings. The standard InChI is InChI=1S/C12H8ClF3N4O4S/c1-19(2)24-25(21)20-7-4-9-8(3-6(7)18-10(20)5-17)22-11(13,14)12(15,16)23-9/h3-4H,1-2H3. The first-order valence-corrected chi connectivity index (χ1v) is 7.85. The van der Waals surface area contributed by atoms with Crippen LogP contribution in [0.3, 0.4) is 0 Å². The van der Waals surface area contributed by atoms with Crippen LogP contribution in [0.4, 0.5) is 13.2 Å². The van der Waals surface area contributed by atoms with E-state index in [9.17, 15) is 17.4 Å². The lowest BCUT2D eigenvalue weighted by atomic mass is 10.2. The normalized spacial score (nSPS) is 22.8. The number of fused-ring (bicyclic) bond motifs is 2. The van der Waals surface area contributed by atoms with Gasteiger partial charge in [-0.25, -0.2) is 13.2 Å².